The maximum atomic E-state index is 12.3. The summed E-state index contributed by atoms with van der Waals surface area (Å²) in [7, 11) is 0. The lowest BCUT2D eigenvalue weighted by molar-refractivity contribution is -0.137. The minimum atomic E-state index is -0.788. The molecular weight excluding hydrogens is 258 g/mol. The summed E-state index contributed by atoms with van der Waals surface area (Å²) in [6.45, 7) is 9.93. The molecule has 1 aliphatic heterocycles. The number of aliphatic carboxylic acids is 1. The number of amides is 1. The zero-order valence-corrected chi connectivity index (χ0v) is 12.7. The van der Waals surface area contributed by atoms with Crippen LogP contribution in [0.15, 0.2) is 0 Å². The van der Waals surface area contributed by atoms with Gasteiger partial charge in [-0.05, 0) is 26.2 Å². The number of hydrogen-bond donors (Lipinski definition) is 3. The molecule has 20 heavy (non-hydrogen) atoms. The second kappa shape index (κ2) is 7.59. The molecule has 6 nitrogen and oxygen atoms in total. The molecule has 0 saturated carbocycles. The number of rotatable bonds is 7. The Morgan fingerprint density at radius 3 is 2.50 bits per heavy atom. The minimum absolute atomic E-state index is 0.0153. The fourth-order valence-electron chi connectivity index (χ4n) is 2.32. The van der Waals surface area contributed by atoms with Crippen LogP contribution in [0.25, 0.3) is 0 Å². The number of nitrogens with one attached hydrogen (secondary N) is 2. The number of carboxylic acids is 1. The van der Waals surface area contributed by atoms with E-state index in [1.165, 1.54) is 0 Å². The molecule has 1 fully saturated rings. The van der Waals surface area contributed by atoms with E-state index in [9.17, 15) is 9.59 Å². The predicted molar refractivity (Wildman–Crippen MR) is 77.6 cm³/mol. The zero-order chi connectivity index (χ0) is 15.2. The number of carbonyl (C=O) groups excluding carboxylic acids is 1. The summed E-state index contributed by atoms with van der Waals surface area (Å²) in [4.78, 5) is 25.0. The van der Waals surface area contributed by atoms with Crippen LogP contribution in [0.4, 0.5) is 0 Å². The van der Waals surface area contributed by atoms with Gasteiger partial charge in [0.25, 0.3) is 0 Å². The molecule has 0 bridgehead atoms. The lowest BCUT2D eigenvalue weighted by Crippen LogP contribution is -2.60. The van der Waals surface area contributed by atoms with E-state index >= 15 is 0 Å². The van der Waals surface area contributed by atoms with Crippen molar-refractivity contribution in [3.8, 4) is 0 Å². The summed E-state index contributed by atoms with van der Waals surface area (Å²) in [6.07, 6.45) is 0.738. The molecule has 1 rings (SSSR count). The first kappa shape index (κ1) is 16.9. The highest BCUT2D eigenvalue weighted by molar-refractivity contribution is 5.85. The average Bonchev–Trinajstić information content (AvgIpc) is 2.43. The van der Waals surface area contributed by atoms with Crippen molar-refractivity contribution in [2.24, 2.45) is 5.92 Å². The van der Waals surface area contributed by atoms with Crippen molar-refractivity contribution in [3.63, 3.8) is 0 Å². The van der Waals surface area contributed by atoms with Gasteiger partial charge in [-0.2, -0.15) is 0 Å². The number of nitrogens with zero attached hydrogens (tertiary/aromatic N) is 1. The van der Waals surface area contributed by atoms with Gasteiger partial charge in [-0.1, -0.05) is 6.92 Å². The quantitative estimate of drug-likeness (QED) is 0.626. The molecule has 0 aromatic heterocycles. The minimum Gasteiger partial charge on any atom is -0.481 e. The smallest absolute Gasteiger partial charge is 0.303 e. The molecule has 1 aliphatic rings. The monoisotopic (exact) mass is 285 g/mol. The van der Waals surface area contributed by atoms with Crippen molar-refractivity contribution >= 4 is 11.9 Å². The number of carboxylic acid groups (broad SMARTS) is 1. The normalized spacial score (nSPS) is 18.6. The third kappa shape index (κ3) is 5.09. The molecule has 1 unspecified atom stereocenters. The van der Waals surface area contributed by atoms with E-state index in [0.717, 1.165) is 26.2 Å². The highest BCUT2D eigenvalue weighted by atomic mass is 16.4. The molecule has 1 heterocycles. The zero-order valence-electron chi connectivity index (χ0n) is 12.7. The van der Waals surface area contributed by atoms with Crippen LogP contribution in [-0.4, -0.2) is 60.1 Å². The third-order valence-electron chi connectivity index (χ3n) is 3.93. The van der Waals surface area contributed by atoms with Crippen LogP contribution in [0.1, 0.15) is 33.6 Å². The standard InChI is InChI=1S/C14H27N3O3/c1-11(4-5-12(18)19)10-16-13(20)14(2,3)17-8-6-15-7-9-17/h11,15H,4-10H2,1-3H3,(H,16,20)(H,18,19). The second-order valence-corrected chi connectivity index (χ2v) is 6.04. The van der Waals surface area contributed by atoms with E-state index in [2.05, 4.69) is 15.5 Å². The van der Waals surface area contributed by atoms with Gasteiger partial charge >= 0.3 is 5.97 Å². The molecule has 0 aliphatic carbocycles. The maximum absolute atomic E-state index is 12.3. The van der Waals surface area contributed by atoms with Crippen LogP contribution in [0, 0.1) is 5.92 Å². The summed E-state index contributed by atoms with van der Waals surface area (Å²) in [5, 5.41) is 14.9. The summed E-state index contributed by atoms with van der Waals surface area (Å²) in [6, 6.07) is 0. The summed E-state index contributed by atoms with van der Waals surface area (Å²) < 4.78 is 0. The molecule has 116 valence electrons. The highest BCUT2D eigenvalue weighted by Gasteiger charge is 2.34. The molecular formula is C14H27N3O3. The van der Waals surface area contributed by atoms with Gasteiger partial charge < -0.3 is 15.7 Å². The van der Waals surface area contributed by atoms with Gasteiger partial charge in [-0.15, -0.1) is 0 Å². The molecule has 0 radical (unpaired) electrons. The summed E-state index contributed by atoms with van der Waals surface area (Å²) >= 11 is 0. The lowest BCUT2D eigenvalue weighted by atomic mass is 9.99. The van der Waals surface area contributed by atoms with E-state index in [-0.39, 0.29) is 18.2 Å². The van der Waals surface area contributed by atoms with E-state index < -0.39 is 11.5 Å². The van der Waals surface area contributed by atoms with Crippen LogP contribution < -0.4 is 10.6 Å². The van der Waals surface area contributed by atoms with Gasteiger partial charge in [0.05, 0.1) is 5.54 Å². The van der Waals surface area contributed by atoms with E-state index in [0.29, 0.717) is 13.0 Å². The first-order chi connectivity index (χ1) is 9.34. The van der Waals surface area contributed by atoms with Crippen molar-refractivity contribution in [3.05, 3.63) is 0 Å². The van der Waals surface area contributed by atoms with E-state index in [1.807, 2.05) is 20.8 Å². The second-order valence-electron chi connectivity index (χ2n) is 6.04. The first-order valence-electron chi connectivity index (χ1n) is 7.30. The fourth-order valence-corrected chi connectivity index (χ4v) is 2.32. The molecule has 0 aromatic carbocycles. The molecule has 3 N–H and O–H groups in total. The molecule has 1 amide bonds. The topological polar surface area (TPSA) is 81.7 Å². The SMILES string of the molecule is CC(CCC(=O)O)CNC(=O)C(C)(C)N1CCNCC1. The number of carbonyl (C=O) groups is 2. The molecule has 0 aromatic rings. The van der Waals surface area contributed by atoms with Crippen molar-refractivity contribution in [2.75, 3.05) is 32.7 Å². The Morgan fingerprint density at radius 2 is 1.95 bits per heavy atom. The van der Waals surface area contributed by atoms with Gasteiger partial charge in [-0.25, -0.2) is 0 Å². The Kier molecular flexibility index (Phi) is 6.42. The predicted octanol–water partition coefficient (Wildman–Crippen LogP) is 0.287. The summed E-state index contributed by atoms with van der Waals surface area (Å²) in [5.41, 5.74) is -0.519. The van der Waals surface area contributed by atoms with E-state index in [1.54, 1.807) is 0 Å². The van der Waals surface area contributed by atoms with Gasteiger partial charge in [0.2, 0.25) is 5.91 Å². The van der Waals surface area contributed by atoms with Crippen LogP contribution >= 0.6 is 0 Å². The van der Waals surface area contributed by atoms with Crippen LogP contribution in [-0.2, 0) is 9.59 Å². The van der Waals surface area contributed by atoms with Gasteiger partial charge in [0.15, 0.2) is 0 Å². The number of piperazine rings is 1. The van der Waals surface area contributed by atoms with Gasteiger partial charge in [-0.3, -0.25) is 14.5 Å². The fraction of sp³-hybridized carbons (Fsp3) is 0.857. The molecule has 1 saturated heterocycles. The van der Waals surface area contributed by atoms with E-state index in [4.69, 9.17) is 5.11 Å². The average molecular weight is 285 g/mol. The van der Waals surface area contributed by atoms with Crippen LogP contribution in [0.3, 0.4) is 0 Å². The van der Waals surface area contributed by atoms with Crippen LogP contribution in [0.2, 0.25) is 0 Å². The highest BCUT2D eigenvalue weighted by Crippen LogP contribution is 2.15. The number of hydrogen-bond acceptors (Lipinski definition) is 4. The first-order valence-corrected chi connectivity index (χ1v) is 7.30. The Bertz CT molecular complexity index is 339. The Hall–Kier alpha value is -1.14. The Labute approximate surface area is 120 Å². The third-order valence-corrected chi connectivity index (χ3v) is 3.93. The molecule has 6 heteroatoms. The Morgan fingerprint density at radius 1 is 1.35 bits per heavy atom. The largest absolute Gasteiger partial charge is 0.481 e. The Balaban J connectivity index is 2.38. The van der Waals surface area contributed by atoms with Crippen molar-refractivity contribution in [1.82, 2.24) is 15.5 Å². The summed E-state index contributed by atoms with van der Waals surface area (Å²) in [5.74, 6) is -0.597. The van der Waals surface area contributed by atoms with Crippen molar-refractivity contribution in [1.29, 1.82) is 0 Å². The van der Waals surface area contributed by atoms with Gasteiger partial charge in [0, 0.05) is 39.1 Å². The molecule has 0 spiro atoms. The maximum Gasteiger partial charge on any atom is 0.303 e. The van der Waals surface area contributed by atoms with Gasteiger partial charge in [0.1, 0.15) is 0 Å². The van der Waals surface area contributed by atoms with Crippen molar-refractivity contribution < 1.29 is 14.7 Å². The van der Waals surface area contributed by atoms with Crippen LogP contribution in [0.5, 0.6) is 0 Å². The molecule has 1 atom stereocenters. The van der Waals surface area contributed by atoms with Crippen molar-refractivity contribution in [2.45, 2.75) is 39.2 Å². The lowest BCUT2D eigenvalue weighted by Gasteiger charge is -2.40.